The molecular weight excluding hydrogens is 560 g/mol. The van der Waals surface area contributed by atoms with E-state index in [2.05, 4.69) is 155 Å². The number of para-hydroxylation sites is 3. The summed E-state index contributed by atoms with van der Waals surface area (Å²) in [5, 5.41) is 1.32. The number of rotatable bonds is 1. The molecule has 4 aliphatic rings. The maximum absolute atomic E-state index is 6.78. The summed E-state index contributed by atoms with van der Waals surface area (Å²) in [6.07, 6.45) is 4.29. The number of benzene rings is 6. The standard InChI is InChI=1S/C43H28N2O/c1-4-16-32-28(12-1)29-13-2-5-17-33(29)43(32)34-18-6-9-21-37(34)44(38-22-10-7-19-35(38)43)27-24-25-39-41(26-27)46-40-23-11-15-31-30-14-3-8-20-36(30)45(39)42(31)40/h1-10,12-14,16-26H,11,15H2. The summed E-state index contributed by atoms with van der Waals surface area (Å²) < 4.78 is 9.19. The molecule has 216 valence electrons. The smallest absolute Gasteiger partial charge is 0.153 e. The third kappa shape index (κ3) is 2.85. The molecule has 7 aromatic rings. The Morgan fingerprint density at radius 2 is 1.17 bits per heavy atom. The van der Waals surface area contributed by atoms with Crippen molar-refractivity contribution in [2.45, 2.75) is 18.3 Å². The van der Waals surface area contributed by atoms with Gasteiger partial charge in [-0.25, -0.2) is 0 Å². The molecule has 1 aromatic heterocycles. The molecule has 2 aliphatic carbocycles. The molecule has 46 heavy (non-hydrogen) atoms. The van der Waals surface area contributed by atoms with Crippen molar-refractivity contribution < 1.29 is 4.74 Å². The zero-order valence-electron chi connectivity index (χ0n) is 25.1. The molecule has 2 aliphatic heterocycles. The quantitative estimate of drug-likeness (QED) is 0.190. The lowest BCUT2D eigenvalue weighted by Gasteiger charge is -2.45. The second-order valence-electron chi connectivity index (χ2n) is 12.8. The normalized spacial score (nSPS) is 15.7. The maximum Gasteiger partial charge on any atom is 0.153 e. The van der Waals surface area contributed by atoms with Gasteiger partial charge in [-0.15, -0.1) is 0 Å². The highest BCUT2D eigenvalue weighted by atomic mass is 16.5. The van der Waals surface area contributed by atoms with E-state index in [0.717, 1.165) is 35.7 Å². The van der Waals surface area contributed by atoms with Crippen LogP contribution in [0.5, 0.6) is 5.75 Å². The van der Waals surface area contributed by atoms with Gasteiger partial charge in [-0.3, -0.25) is 0 Å². The summed E-state index contributed by atoms with van der Waals surface area (Å²) in [6, 6.07) is 51.4. The first kappa shape index (κ1) is 24.5. The van der Waals surface area contributed by atoms with Gasteiger partial charge in [0.2, 0.25) is 0 Å². The van der Waals surface area contributed by atoms with Crippen LogP contribution in [-0.4, -0.2) is 4.57 Å². The summed E-state index contributed by atoms with van der Waals surface area (Å²) in [5.74, 6) is 1.86. The number of anilines is 3. The van der Waals surface area contributed by atoms with Crippen LogP contribution in [0.2, 0.25) is 0 Å². The highest BCUT2D eigenvalue weighted by molar-refractivity contribution is 5.97. The molecule has 3 nitrogen and oxygen atoms in total. The van der Waals surface area contributed by atoms with E-state index >= 15 is 0 Å². The summed E-state index contributed by atoms with van der Waals surface area (Å²) >= 11 is 0. The van der Waals surface area contributed by atoms with Gasteiger partial charge >= 0.3 is 0 Å². The topological polar surface area (TPSA) is 17.4 Å². The van der Waals surface area contributed by atoms with Gasteiger partial charge in [-0.05, 0) is 88.2 Å². The number of aryl methyl sites for hydroxylation is 1. The first-order chi connectivity index (χ1) is 22.8. The Morgan fingerprint density at radius 1 is 0.565 bits per heavy atom. The van der Waals surface area contributed by atoms with Crippen LogP contribution in [0.1, 0.15) is 39.9 Å². The van der Waals surface area contributed by atoms with Gasteiger partial charge in [0.1, 0.15) is 5.76 Å². The molecule has 0 unspecified atom stereocenters. The van der Waals surface area contributed by atoms with Crippen molar-refractivity contribution in [2.75, 3.05) is 4.90 Å². The second kappa shape index (κ2) is 8.68. The molecule has 1 spiro atoms. The molecule has 3 heteroatoms. The molecule has 0 saturated heterocycles. The Labute approximate surface area is 267 Å². The van der Waals surface area contributed by atoms with Crippen LogP contribution in [0.15, 0.2) is 146 Å². The molecule has 0 saturated carbocycles. The molecule has 0 amide bonds. The minimum Gasteiger partial charge on any atom is -0.453 e. The van der Waals surface area contributed by atoms with Crippen molar-refractivity contribution in [2.24, 2.45) is 0 Å². The molecule has 0 atom stereocenters. The fraction of sp³-hybridized carbons (Fsp3) is 0.0698. The van der Waals surface area contributed by atoms with Gasteiger partial charge in [0.15, 0.2) is 5.75 Å². The first-order valence-electron chi connectivity index (χ1n) is 16.2. The number of fused-ring (bicyclic) bond motifs is 14. The van der Waals surface area contributed by atoms with Crippen LogP contribution in [0.25, 0.3) is 33.5 Å². The van der Waals surface area contributed by atoms with Crippen molar-refractivity contribution in [3.05, 3.63) is 179 Å². The highest BCUT2D eigenvalue weighted by Crippen LogP contribution is 2.63. The monoisotopic (exact) mass is 588 g/mol. The van der Waals surface area contributed by atoms with Gasteiger partial charge in [0.05, 0.1) is 39.4 Å². The van der Waals surface area contributed by atoms with Gasteiger partial charge < -0.3 is 14.2 Å². The summed E-state index contributed by atoms with van der Waals surface area (Å²) in [4.78, 5) is 2.44. The van der Waals surface area contributed by atoms with Crippen molar-refractivity contribution in [1.82, 2.24) is 4.57 Å². The van der Waals surface area contributed by atoms with Crippen LogP contribution in [0.3, 0.4) is 0 Å². The van der Waals surface area contributed by atoms with Crippen LogP contribution in [0, 0.1) is 0 Å². The van der Waals surface area contributed by atoms with Gasteiger partial charge in [-0.1, -0.05) is 103 Å². The molecule has 0 bridgehead atoms. The predicted octanol–water partition coefficient (Wildman–Crippen LogP) is 10.5. The fourth-order valence-corrected chi connectivity index (χ4v) is 8.97. The average molecular weight is 589 g/mol. The van der Waals surface area contributed by atoms with Crippen LogP contribution in [0.4, 0.5) is 17.1 Å². The van der Waals surface area contributed by atoms with E-state index in [1.165, 1.54) is 66.9 Å². The number of allylic oxidation sites excluding steroid dienone is 1. The SMILES string of the molecule is C1=C2Oc3cc(N4c5ccccc5C5(c6ccccc6-c6ccccc65)c5ccccc54)ccc3-n3c2c(c2ccccc23)CC1. The Kier molecular flexibility index (Phi) is 4.62. The molecule has 6 aromatic carbocycles. The molecule has 11 rings (SSSR count). The van der Waals surface area contributed by atoms with Gasteiger partial charge in [0.25, 0.3) is 0 Å². The maximum atomic E-state index is 6.78. The van der Waals surface area contributed by atoms with Crippen molar-refractivity contribution in [1.29, 1.82) is 0 Å². The number of hydrogen-bond acceptors (Lipinski definition) is 2. The van der Waals surface area contributed by atoms with Crippen LogP contribution in [-0.2, 0) is 11.8 Å². The van der Waals surface area contributed by atoms with Crippen LogP contribution < -0.4 is 9.64 Å². The van der Waals surface area contributed by atoms with Crippen molar-refractivity contribution in [3.8, 4) is 22.6 Å². The van der Waals surface area contributed by atoms with E-state index < -0.39 is 5.41 Å². The number of nitrogens with zero attached hydrogens (tertiary/aromatic N) is 2. The average Bonchev–Trinajstić information content (AvgIpc) is 3.61. The van der Waals surface area contributed by atoms with E-state index in [1.807, 2.05) is 0 Å². The molecule has 0 fully saturated rings. The number of hydrogen-bond donors (Lipinski definition) is 0. The minimum absolute atomic E-state index is 0.413. The zero-order chi connectivity index (χ0) is 30.0. The van der Waals surface area contributed by atoms with E-state index in [1.54, 1.807) is 0 Å². The van der Waals surface area contributed by atoms with Crippen molar-refractivity contribution in [3.63, 3.8) is 0 Å². The van der Waals surface area contributed by atoms with E-state index in [0.29, 0.717) is 0 Å². The zero-order valence-corrected chi connectivity index (χ0v) is 25.1. The number of ether oxygens (including phenoxy) is 1. The summed E-state index contributed by atoms with van der Waals surface area (Å²) in [7, 11) is 0. The second-order valence-corrected chi connectivity index (χ2v) is 12.8. The lowest BCUT2D eigenvalue weighted by molar-refractivity contribution is 0.488. The third-order valence-corrected chi connectivity index (χ3v) is 10.6. The van der Waals surface area contributed by atoms with Gasteiger partial charge in [-0.2, -0.15) is 0 Å². The molecule has 0 radical (unpaired) electrons. The summed E-state index contributed by atoms with van der Waals surface area (Å²) in [6.45, 7) is 0. The fourth-order valence-electron chi connectivity index (χ4n) is 8.97. The van der Waals surface area contributed by atoms with E-state index in [-0.39, 0.29) is 0 Å². The lowest BCUT2D eigenvalue weighted by atomic mass is 9.64. The minimum atomic E-state index is -0.413. The van der Waals surface area contributed by atoms with Gasteiger partial charge in [0, 0.05) is 11.5 Å². The molecule has 3 heterocycles. The molecular formula is C43H28N2O. The predicted molar refractivity (Wildman–Crippen MR) is 186 cm³/mol. The van der Waals surface area contributed by atoms with Crippen LogP contribution >= 0.6 is 0 Å². The highest BCUT2D eigenvalue weighted by Gasteiger charge is 2.51. The van der Waals surface area contributed by atoms with Crippen molar-refractivity contribution >= 4 is 33.7 Å². The largest absolute Gasteiger partial charge is 0.453 e. The number of aromatic nitrogens is 1. The Balaban J connectivity index is 1.17. The first-order valence-corrected chi connectivity index (χ1v) is 16.2. The Morgan fingerprint density at radius 3 is 1.89 bits per heavy atom. The Hall–Kier alpha value is -5.80. The van der Waals surface area contributed by atoms with E-state index in [9.17, 15) is 0 Å². The molecule has 0 N–H and O–H groups in total. The Bertz CT molecular complexity index is 2380. The van der Waals surface area contributed by atoms with E-state index in [4.69, 9.17) is 4.74 Å². The third-order valence-electron chi connectivity index (χ3n) is 10.6. The lowest BCUT2D eigenvalue weighted by Crippen LogP contribution is -2.36. The summed E-state index contributed by atoms with van der Waals surface area (Å²) in [5.41, 5.74) is 15.9.